The topological polar surface area (TPSA) is 76.4 Å². The molecular weight excluding hydrogens is 423 g/mol. The highest BCUT2D eigenvalue weighted by molar-refractivity contribution is 6.07. The lowest BCUT2D eigenvalue weighted by molar-refractivity contribution is -0.142. The van der Waals surface area contributed by atoms with Crippen LogP contribution in [0.2, 0.25) is 0 Å². The van der Waals surface area contributed by atoms with Crippen molar-refractivity contribution in [1.82, 2.24) is 15.6 Å². The van der Waals surface area contributed by atoms with Gasteiger partial charge < -0.3 is 19.8 Å². The number of nitrogens with one attached hydrogen (secondary N) is 2. The highest BCUT2D eigenvalue weighted by Crippen LogP contribution is 2.32. The van der Waals surface area contributed by atoms with Crippen LogP contribution in [-0.4, -0.2) is 30.0 Å². The first kappa shape index (κ1) is 23.6. The number of hydrogen-bond donors (Lipinski definition) is 2. The number of alkyl halides is 3. The van der Waals surface area contributed by atoms with E-state index in [9.17, 15) is 18.0 Å². The molecule has 1 amide bonds. The molecule has 0 saturated carbocycles. The molecule has 0 bridgehead atoms. The lowest BCUT2D eigenvalue weighted by Crippen LogP contribution is -2.36. The lowest BCUT2D eigenvalue weighted by atomic mass is 10.1. The molecule has 1 unspecified atom stereocenters. The summed E-state index contributed by atoms with van der Waals surface area (Å²) in [6, 6.07) is 7.64. The first-order valence-electron chi connectivity index (χ1n) is 10.5. The summed E-state index contributed by atoms with van der Waals surface area (Å²) in [7, 11) is 0. The number of halogens is 3. The Hall–Kier alpha value is -3.07. The first-order valence-corrected chi connectivity index (χ1v) is 10.5. The fourth-order valence-corrected chi connectivity index (χ4v) is 3.58. The van der Waals surface area contributed by atoms with Crippen LogP contribution in [0.25, 0.3) is 11.0 Å². The normalized spacial score (nSPS) is 15.9. The molecule has 1 aliphatic heterocycles. The van der Waals surface area contributed by atoms with E-state index in [1.807, 2.05) is 13.8 Å². The number of nitrogens with zero attached hydrogens (tertiary/aromatic N) is 1. The van der Waals surface area contributed by atoms with E-state index < -0.39 is 11.9 Å². The number of aryl methyl sites for hydroxylation is 1. The standard InChI is InChI=1S/C21H20F3N3O3.C2H6/c1-12-18(20(28)27-14-6-8-25-10-14)16-9-15(4-5-17(16)30-12)29-11-13-3-2-7-26-19(13)21(22,23)24;1-2/h2-5,7,9,14,25H,6,8,10-11H2,1H3,(H,27,28);1-2H3. The van der Waals surface area contributed by atoms with Gasteiger partial charge in [0.15, 0.2) is 5.69 Å². The van der Waals surface area contributed by atoms with E-state index in [0.29, 0.717) is 34.6 Å². The fraction of sp³-hybridized carbons (Fsp3) is 0.391. The number of hydrogen-bond acceptors (Lipinski definition) is 5. The predicted octanol–water partition coefficient (Wildman–Crippen LogP) is 4.85. The Balaban J connectivity index is 0.00000141. The third-order valence-corrected chi connectivity index (χ3v) is 5.01. The van der Waals surface area contributed by atoms with Crippen LogP contribution in [0.1, 0.15) is 47.6 Å². The van der Waals surface area contributed by atoms with Gasteiger partial charge in [0.05, 0.1) is 5.56 Å². The molecule has 0 aliphatic carbocycles. The maximum atomic E-state index is 13.1. The molecule has 1 fully saturated rings. The third-order valence-electron chi connectivity index (χ3n) is 5.01. The Labute approximate surface area is 184 Å². The molecule has 3 heterocycles. The van der Waals surface area contributed by atoms with Crippen molar-refractivity contribution in [3.8, 4) is 5.75 Å². The number of carbonyl (C=O) groups is 1. The molecule has 4 rings (SSSR count). The molecule has 9 heteroatoms. The Morgan fingerprint density at radius 3 is 2.78 bits per heavy atom. The molecule has 2 N–H and O–H groups in total. The summed E-state index contributed by atoms with van der Waals surface area (Å²) >= 11 is 0. The highest BCUT2D eigenvalue weighted by Gasteiger charge is 2.35. The van der Waals surface area contributed by atoms with Gasteiger partial charge in [0.25, 0.3) is 5.91 Å². The lowest BCUT2D eigenvalue weighted by Gasteiger charge is -2.13. The maximum Gasteiger partial charge on any atom is 0.433 e. The highest BCUT2D eigenvalue weighted by atomic mass is 19.4. The SMILES string of the molecule is CC.Cc1oc2ccc(OCc3cccnc3C(F)(F)F)cc2c1C(=O)NC1CCNC1. The van der Waals surface area contributed by atoms with Crippen molar-refractivity contribution in [2.24, 2.45) is 0 Å². The van der Waals surface area contributed by atoms with E-state index in [1.165, 1.54) is 12.1 Å². The third kappa shape index (κ3) is 5.21. The van der Waals surface area contributed by atoms with Crippen LogP contribution < -0.4 is 15.4 Å². The molecule has 0 radical (unpaired) electrons. The summed E-state index contributed by atoms with van der Waals surface area (Å²) in [6.07, 6.45) is -2.62. The van der Waals surface area contributed by atoms with E-state index in [4.69, 9.17) is 9.15 Å². The zero-order valence-corrected chi connectivity index (χ0v) is 18.2. The second kappa shape index (κ2) is 10.0. The van der Waals surface area contributed by atoms with Gasteiger partial charge in [0.2, 0.25) is 0 Å². The van der Waals surface area contributed by atoms with Gasteiger partial charge in [-0.3, -0.25) is 9.78 Å². The van der Waals surface area contributed by atoms with Gasteiger partial charge in [-0.2, -0.15) is 13.2 Å². The monoisotopic (exact) mass is 449 g/mol. The van der Waals surface area contributed by atoms with Crippen LogP contribution in [0.3, 0.4) is 0 Å². The van der Waals surface area contributed by atoms with Gasteiger partial charge in [-0.15, -0.1) is 0 Å². The number of pyridine rings is 1. The molecule has 172 valence electrons. The first-order chi connectivity index (χ1) is 15.3. The van der Waals surface area contributed by atoms with Crippen LogP contribution in [0.4, 0.5) is 13.2 Å². The predicted molar refractivity (Wildman–Crippen MR) is 115 cm³/mol. The summed E-state index contributed by atoms with van der Waals surface area (Å²) in [4.78, 5) is 16.2. The summed E-state index contributed by atoms with van der Waals surface area (Å²) in [5.74, 6) is 0.554. The number of aromatic nitrogens is 1. The number of amides is 1. The smallest absolute Gasteiger partial charge is 0.433 e. The summed E-state index contributed by atoms with van der Waals surface area (Å²) in [6.45, 7) is 6.96. The van der Waals surface area contributed by atoms with Crippen LogP contribution in [0.5, 0.6) is 5.75 Å². The van der Waals surface area contributed by atoms with E-state index in [-0.39, 0.29) is 24.1 Å². The quantitative estimate of drug-likeness (QED) is 0.582. The van der Waals surface area contributed by atoms with E-state index in [0.717, 1.165) is 19.2 Å². The largest absolute Gasteiger partial charge is 0.489 e. The van der Waals surface area contributed by atoms with Crippen LogP contribution in [-0.2, 0) is 12.8 Å². The summed E-state index contributed by atoms with van der Waals surface area (Å²) < 4.78 is 50.6. The Kier molecular flexibility index (Phi) is 7.40. The Bertz CT molecular complexity index is 1070. The van der Waals surface area contributed by atoms with Gasteiger partial charge in [-0.25, -0.2) is 0 Å². The number of fused-ring (bicyclic) bond motifs is 1. The second-order valence-corrected chi connectivity index (χ2v) is 7.15. The molecule has 6 nitrogen and oxygen atoms in total. The molecule has 32 heavy (non-hydrogen) atoms. The van der Waals surface area contributed by atoms with Crippen molar-refractivity contribution in [3.05, 3.63) is 59.1 Å². The Morgan fingerprint density at radius 1 is 1.31 bits per heavy atom. The average molecular weight is 449 g/mol. The molecule has 3 aromatic rings. The van der Waals surface area contributed by atoms with Gasteiger partial charge in [-0.1, -0.05) is 19.9 Å². The summed E-state index contributed by atoms with van der Waals surface area (Å²) in [5, 5.41) is 6.72. The molecule has 1 aliphatic rings. The minimum Gasteiger partial charge on any atom is -0.489 e. The molecule has 1 atom stereocenters. The summed E-state index contributed by atoms with van der Waals surface area (Å²) in [5.41, 5.74) is -0.137. The van der Waals surface area contributed by atoms with E-state index >= 15 is 0 Å². The number of ether oxygens (including phenoxy) is 1. The van der Waals surface area contributed by atoms with Gasteiger partial charge in [0, 0.05) is 29.7 Å². The average Bonchev–Trinajstić information content (AvgIpc) is 3.39. The molecule has 1 saturated heterocycles. The Morgan fingerprint density at radius 2 is 2.09 bits per heavy atom. The van der Waals surface area contributed by atoms with Gasteiger partial charge in [0.1, 0.15) is 23.7 Å². The number of rotatable bonds is 5. The van der Waals surface area contributed by atoms with Crippen molar-refractivity contribution in [1.29, 1.82) is 0 Å². The molecule has 2 aromatic heterocycles. The van der Waals surface area contributed by atoms with Crippen molar-refractivity contribution in [2.45, 2.75) is 46.0 Å². The van der Waals surface area contributed by atoms with Gasteiger partial charge in [-0.05, 0) is 44.2 Å². The molecule has 1 aromatic carbocycles. The minimum absolute atomic E-state index is 0.0488. The van der Waals surface area contributed by atoms with Crippen molar-refractivity contribution in [3.63, 3.8) is 0 Å². The van der Waals surface area contributed by atoms with Crippen LogP contribution in [0, 0.1) is 6.92 Å². The van der Waals surface area contributed by atoms with Crippen molar-refractivity contribution in [2.75, 3.05) is 13.1 Å². The second-order valence-electron chi connectivity index (χ2n) is 7.15. The zero-order valence-electron chi connectivity index (χ0n) is 18.2. The maximum absolute atomic E-state index is 13.1. The fourth-order valence-electron chi connectivity index (χ4n) is 3.58. The van der Waals surface area contributed by atoms with Crippen LogP contribution >= 0.6 is 0 Å². The van der Waals surface area contributed by atoms with Crippen molar-refractivity contribution >= 4 is 16.9 Å². The van der Waals surface area contributed by atoms with Crippen molar-refractivity contribution < 1.29 is 27.1 Å². The van der Waals surface area contributed by atoms with E-state index in [1.54, 1.807) is 25.1 Å². The number of benzene rings is 1. The molecular formula is C23H26F3N3O3. The zero-order chi connectivity index (χ0) is 23.3. The van der Waals surface area contributed by atoms with Crippen LogP contribution in [0.15, 0.2) is 40.9 Å². The minimum atomic E-state index is -4.56. The number of furan rings is 1. The van der Waals surface area contributed by atoms with Gasteiger partial charge >= 0.3 is 6.18 Å². The van der Waals surface area contributed by atoms with E-state index in [2.05, 4.69) is 15.6 Å². The molecule has 0 spiro atoms. The number of carbonyl (C=O) groups excluding carboxylic acids is 1.